The SMILES string of the molecule is OC1(CCN(Cc2ccccc2)Cc2ccccc2)CC1. The van der Waals surface area contributed by atoms with Gasteiger partial charge >= 0.3 is 0 Å². The van der Waals surface area contributed by atoms with E-state index in [0.29, 0.717) is 0 Å². The second-order valence-corrected chi connectivity index (χ2v) is 6.16. The lowest BCUT2D eigenvalue weighted by Gasteiger charge is -2.24. The predicted molar refractivity (Wildman–Crippen MR) is 85.8 cm³/mol. The molecule has 1 aliphatic rings. The topological polar surface area (TPSA) is 23.5 Å². The highest BCUT2D eigenvalue weighted by Gasteiger charge is 2.39. The van der Waals surface area contributed by atoms with Gasteiger partial charge in [0.1, 0.15) is 0 Å². The van der Waals surface area contributed by atoms with Gasteiger partial charge in [-0.25, -0.2) is 0 Å². The predicted octanol–water partition coefficient (Wildman–Crippen LogP) is 3.60. The molecule has 2 aromatic rings. The number of benzene rings is 2. The van der Waals surface area contributed by atoms with Crippen LogP contribution in [0.5, 0.6) is 0 Å². The first-order valence-corrected chi connectivity index (χ1v) is 7.76. The van der Waals surface area contributed by atoms with Crippen LogP contribution in [0.4, 0.5) is 0 Å². The third kappa shape index (κ3) is 4.42. The summed E-state index contributed by atoms with van der Waals surface area (Å²) in [5, 5.41) is 10.1. The Bertz CT molecular complexity index is 507. The van der Waals surface area contributed by atoms with Crippen molar-refractivity contribution < 1.29 is 5.11 Å². The zero-order valence-electron chi connectivity index (χ0n) is 12.4. The molecule has 1 N–H and O–H groups in total. The number of rotatable bonds is 7. The number of hydrogen-bond donors (Lipinski definition) is 1. The molecule has 0 amide bonds. The maximum Gasteiger partial charge on any atom is 0.0662 e. The fourth-order valence-electron chi connectivity index (χ4n) is 2.66. The van der Waals surface area contributed by atoms with Gasteiger partial charge in [0, 0.05) is 19.6 Å². The van der Waals surface area contributed by atoms with Crippen LogP contribution < -0.4 is 0 Å². The Balaban J connectivity index is 1.64. The summed E-state index contributed by atoms with van der Waals surface area (Å²) in [6.07, 6.45) is 2.82. The summed E-state index contributed by atoms with van der Waals surface area (Å²) in [5.41, 5.74) is 2.29. The van der Waals surface area contributed by atoms with Crippen LogP contribution in [0.15, 0.2) is 60.7 Å². The van der Waals surface area contributed by atoms with E-state index in [9.17, 15) is 5.11 Å². The van der Waals surface area contributed by atoms with Crippen molar-refractivity contribution in [1.29, 1.82) is 0 Å². The molecule has 0 atom stereocenters. The maximum absolute atomic E-state index is 10.1. The standard InChI is InChI=1S/C19H23NO/c21-19(11-12-19)13-14-20(15-17-7-3-1-4-8-17)16-18-9-5-2-6-10-18/h1-10,21H,11-16H2. The summed E-state index contributed by atoms with van der Waals surface area (Å²) < 4.78 is 0. The second-order valence-electron chi connectivity index (χ2n) is 6.16. The van der Waals surface area contributed by atoms with Crippen LogP contribution in [0.2, 0.25) is 0 Å². The zero-order chi connectivity index (χ0) is 14.5. The maximum atomic E-state index is 10.1. The summed E-state index contributed by atoms with van der Waals surface area (Å²) in [7, 11) is 0. The Kier molecular flexibility index (Phi) is 4.37. The number of nitrogens with zero attached hydrogens (tertiary/aromatic N) is 1. The van der Waals surface area contributed by atoms with E-state index in [0.717, 1.165) is 38.9 Å². The molecule has 1 fully saturated rings. The van der Waals surface area contributed by atoms with Gasteiger partial charge in [0.15, 0.2) is 0 Å². The van der Waals surface area contributed by atoms with Crippen LogP contribution in [0.3, 0.4) is 0 Å². The Morgan fingerprint density at radius 3 is 1.71 bits per heavy atom. The van der Waals surface area contributed by atoms with E-state index in [1.54, 1.807) is 0 Å². The van der Waals surface area contributed by atoms with Crippen LogP contribution in [-0.4, -0.2) is 22.2 Å². The third-order valence-corrected chi connectivity index (χ3v) is 4.22. The smallest absolute Gasteiger partial charge is 0.0662 e. The molecule has 3 rings (SSSR count). The fourth-order valence-corrected chi connectivity index (χ4v) is 2.66. The zero-order valence-corrected chi connectivity index (χ0v) is 12.4. The summed E-state index contributed by atoms with van der Waals surface area (Å²) in [5.74, 6) is 0. The quantitative estimate of drug-likeness (QED) is 0.838. The molecular weight excluding hydrogens is 258 g/mol. The molecule has 0 heterocycles. The van der Waals surface area contributed by atoms with Crippen LogP contribution in [0, 0.1) is 0 Å². The Hall–Kier alpha value is -1.64. The molecule has 2 heteroatoms. The minimum atomic E-state index is -0.369. The van der Waals surface area contributed by atoms with Crippen molar-refractivity contribution in [2.24, 2.45) is 0 Å². The van der Waals surface area contributed by atoms with Gasteiger partial charge in [-0.15, -0.1) is 0 Å². The largest absolute Gasteiger partial charge is 0.390 e. The van der Waals surface area contributed by atoms with Crippen LogP contribution >= 0.6 is 0 Å². The lowest BCUT2D eigenvalue weighted by molar-refractivity contribution is 0.115. The molecule has 0 spiro atoms. The van der Waals surface area contributed by atoms with Crippen molar-refractivity contribution in [1.82, 2.24) is 4.90 Å². The van der Waals surface area contributed by atoms with E-state index in [1.165, 1.54) is 11.1 Å². The van der Waals surface area contributed by atoms with Gasteiger partial charge in [0.05, 0.1) is 5.60 Å². The molecule has 1 aliphatic carbocycles. The Morgan fingerprint density at radius 2 is 1.29 bits per heavy atom. The van der Waals surface area contributed by atoms with E-state index < -0.39 is 0 Å². The van der Waals surface area contributed by atoms with Crippen LogP contribution in [0.1, 0.15) is 30.4 Å². The van der Waals surface area contributed by atoms with Gasteiger partial charge in [-0.1, -0.05) is 60.7 Å². The molecule has 2 nitrogen and oxygen atoms in total. The van der Waals surface area contributed by atoms with E-state index in [4.69, 9.17) is 0 Å². The molecule has 0 unspecified atom stereocenters. The van der Waals surface area contributed by atoms with Crippen molar-refractivity contribution >= 4 is 0 Å². The Morgan fingerprint density at radius 1 is 0.810 bits per heavy atom. The second kappa shape index (κ2) is 6.42. The summed E-state index contributed by atoms with van der Waals surface area (Å²) in [6, 6.07) is 21.1. The molecule has 110 valence electrons. The van der Waals surface area contributed by atoms with Crippen molar-refractivity contribution in [3.05, 3.63) is 71.8 Å². The molecule has 0 bridgehead atoms. The summed E-state index contributed by atoms with van der Waals surface area (Å²) in [4.78, 5) is 2.43. The lowest BCUT2D eigenvalue weighted by atomic mass is 10.1. The first-order chi connectivity index (χ1) is 10.2. The van der Waals surface area contributed by atoms with E-state index >= 15 is 0 Å². The van der Waals surface area contributed by atoms with Gasteiger partial charge in [-0.3, -0.25) is 4.90 Å². The monoisotopic (exact) mass is 281 g/mol. The third-order valence-electron chi connectivity index (χ3n) is 4.22. The van der Waals surface area contributed by atoms with Crippen molar-refractivity contribution in [2.45, 2.75) is 38.0 Å². The molecule has 0 saturated heterocycles. The minimum Gasteiger partial charge on any atom is -0.390 e. The molecule has 2 aromatic carbocycles. The summed E-state index contributed by atoms with van der Waals surface area (Å²) in [6.45, 7) is 2.82. The normalized spacial score (nSPS) is 16.1. The Labute approximate surface area is 127 Å². The summed E-state index contributed by atoms with van der Waals surface area (Å²) >= 11 is 0. The highest BCUT2D eigenvalue weighted by Crippen LogP contribution is 2.38. The molecule has 0 radical (unpaired) electrons. The lowest BCUT2D eigenvalue weighted by Crippen LogP contribution is -2.27. The van der Waals surface area contributed by atoms with Crippen molar-refractivity contribution in [3.8, 4) is 0 Å². The average Bonchev–Trinajstić information content (AvgIpc) is 3.25. The van der Waals surface area contributed by atoms with Gasteiger partial charge < -0.3 is 5.11 Å². The van der Waals surface area contributed by atoms with Gasteiger partial charge in [0.25, 0.3) is 0 Å². The fraction of sp³-hybridized carbons (Fsp3) is 0.368. The van der Waals surface area contributed by atoms with Crippen molar-refractivity contribution in [3.63, 3.8) is 0 Å². The van der Waals surface area contributed by atoms with Gasteiger partial charge in [-0.05, 0) is 30.4 Å². The van der Waals surface area contributed by atoms with E-state index in [1.807, 2.05) is 0 Å². The number of hydrogen-bond acceptors (Lipinski definition) is 2. The average molecular weight is 281 g/mol. The minimum absolute atomic E-state index is 0.369. The molecule has 0 aromatic heterocycles. The van der Waals surface area contributed by atoms with E-state index in [-0.39, 0.29) is 5.60 Å². The molecular formula is C19H23NO. The highest BCUT2D eigenvalue weighted by atomic mass is 16.3. The first kappa shape index (κ1) is 14.3. The van der Waals surface area contributed by atoms with Crippen molar-refractivity contribution in [2.75, 3.05) is 6.54 Å². The van der Waals surface area contributed by atoms with Gasteiger partial charge in [0.2, 0.25) is 0 Å². The van der Waals surface area contributed by atoms with Crippen LogP contribution in [-0.2, 0) is 13.1 Å². The first-order valence-electron chi connectivity index (χ1n) is 7.76. The highest BCUT2D eigenvalue weighted by molar-refractivity contribution is 5.17. The molecule has 1 saturated carbocycles. The van der Waals surface area contributed by atoms with Gasteiger partial charge in [-0.2, -0.15) is 0 Å². The van der Waals surface area contributed by atoms with Crippen LogP contribution in [0.25, 0.3) is 0 Å². The molecule has 0 aliphatic heterocycles. The molecule has 21 heavy (non-hydrogen) atoms. The van der Waals surface area contributed by atoms with E-state index in [2.05, 4.69) is 65.6 Å². The number of aliphatic hydroxyl groups is 1.